The van der Waals surface area contributed by atoms with E-state index in [9.17, 15) is 4.39 Å². The highest BCUT2D eigenvalue weighted by Gasteiger charge is 2.19. The summed E-state index contributed by atoms with van der Waals surface area (Å²) in [6.07, 6.45) is 2.71. The van der Waals surface area contributed by atoms with E-state index < -0.39 is 0 Å². The molecule has 1 aromatic heterocycles. The smallest absolute Gasteiger partial charge is 0.191 e. The molecule has 0 saturated carbocycles. The van der Waals surface area contributed by atoms with E-state index in [1.54, 1.807) is 13.1 Å². The lowest BCUT2D eigenvalue weighted by molar-refractivity contribution is 0.254. The summed E-state index contributed by atoms with van der Waals surface area (Å²) >= 11 is 0. The molecule has 178 valence electrons. The number of aliphatic imine (C=N–C) groups is 1. The van der Waals surface area contributed by atoms with Crippen LogP contribution < -0.4 is 15.5 Å². The number of nitrogens with one attached hydrogen (secondary N) is 2. The summed E-state index contributed by atoms with van der Waals surface area (Å²) in [5.41, 5.74) is 2.86. The highest BCUT2D eigenvalue weighted by Crippen LogP contribution is 2.20. The van der Waals surface area contributed by atoms with Gasteiger partial charge in [0.15, 0.2) is 5.96 Å². The van der Waals surface area contributed by atoms with Crippen LogP contribution in [0.5, 0.6) is 0 Å². The minimum Gasteiger partial charge on any atom is -0.367 e. The van der Waals surface area contributed by atoms with Crippen LogP contribution in [0.2, 0.25) is 0 Å². The first kappa shape index (κ1) is 26.4. The molecular formula is C23H36FIN6O. The molecule has 0 unspecified atom stereocenters. The minimum absolute atomic E-state index is 0. The van der Waals surface area contributed by atoms with E-state index in [0.29, 0.717) is 12.2 Å². The van der Waals surface area contributed by atoms with Gasteiger partial charge in [-0.15, -0.1) is 24.0 Å². The van der Waals surface area contributed by atoms with Crippen LogP contribution in [0.3, 0.4) is 0 Å². The molecule has 2 N–H and O–H groups in total. The summed E-state index contributed by atoms with van der Waals surface area (Å²) in [7, 11) is 1.78. The Morgan fingerprint density at radius 3 is 2.53 bits per heavy atom. The summed E-state index contributed by atoms with van der Waals surface area (Å²) in [6.45, 7) is 10.3. The van der Waals surface area contributed by atoms with Gasteiger partial charge < -0.3 is 20.1 Å². The van der Waals surface area contributed by atoms with Crippen LogP contribution in [-0.2, 0) is 19.4 Å². The van der Waals surface area contributed by atoms with Gasteiger partial charge >= 0.3 is 0 Å². The van der Waals surface area contributed by atoms with Crippen LogP contribution in [0.1, 0.15) is 37.3 Å². The second-order valence-electron chi connectivity index (χ2n) is 7.72. The van der Waals surface area contributed by atoms with Crippen molar-refractivity contribution < 1.29 is 8.91 Å². The largest absolute Gasteiger partial charge is 0.367 e. The molecule has 0 bridgehead atoms. The number of guanidine groups is 1. The van der Waals surface area contributed by atoms with Gasteiger partial charge in [-0.05, 0) is 31.5 Å². The van der Waals surface area contributed by atoms with Crippen LogP contribution in [0.15, 0.2) is 33.8 Å². The maximum absolute atomic E-state index is 14.0. The van der Waals surface area contributed by atoms with E-state index in [-0.39, 0.29) is 29.8 Å². The average molecular weight is 558 g/mol. The summed E-state index contributed by atoms with van der Waals surface area (Å²) in [6, 6.07) is 7.03. The van der Waals surface area contributed by atoms with Crippen molar-refractivity contribution in [1.82, 2.24) is 20.7 Å². The van der Waals surface area contributed by atoms with E-state index in [1.807, 2.05) is 12.1 Å². The molecule has 0 amide bonds. The van der Waals surface area contributed by atoms with Gasteiger partial charge in [0.2, 0.25) is 0 Å². The number of halogens is 2. The fourth-order valence-corrected chi connectivity index (χ4v) is 3.96. The molecule has 7 nitrogen and oxygen atoms in total. The van der Waals surface area contributed by atoms with Gasteiger partial charge in [0.1, 0.15) is 11.6 Å². The van der Waals surface area contributed by atoms with Gasteiger partial charge in [0.25, 0.3) is 0 Å². The fourth-order valence-electron chi connectivity index (χ4n) is 3.96. The highest BCUT2D eigenvalue weighted by molar-refractivity contribution is 14.0. The van der Waals surface area contributed by atoms with Gasteiger partial charge in [-0.25, -0.2) is 4.39 Å². The summed E-state index contributed by atoms with van der Waals surface area (Å²) in [4.78, 5) is 8.89. The number of hydrogen-bond acceptors (Lipinski definition) is 5. The third-order valence-corrected chi connectivity index (χ3v) is 5.77. The van der Waals surface area contributed by atoms with Gasteiger partial charge in [0.05, 0.1) is 11.4 Å². The average Bonchev–Trinajstić information content (AvgIpc) is 3.21. The molecular weight excluding hydrogens is 522 g/mol. The molecule has 1 aliphatic heterocycles. The first-order chi connectivity index (χ1) is 15.2. The van der Waals surface area contributed by atoms with Gasteiger partial charge in [-0.2, -0.15) is 0 Å². The second-order valence-corrected chi connectivity index (χ2v) is 7.72. The lowest BCUT2D eigenvalue weighted by Crippen LogP contribution is -2.47. The van der Waals surface area contributed by atoms with Crippen LogP contribution in [0.4, 0.5) is 10.1 Å². The zero-order valence-corrected chi connectivity index (χ0v) is 21.7. The zero-order valence-electron chi connectivity index (χ0n) is 19.4. The number of nitrogens with zero attached hydrogens (tertiary/aromatic N) is 4. The van der Waals surface area contributed by atoms with Crippen LogP contribution in [0.25, 0.3) is 0 Å². The Morgan fingerprint density at radius 1 is 1.12 bits per heavy atom. The summed E-state index contributed by atoms with van der Waals surface area (Å²) < 4.78 is 19.4. The Labute approximate surface area is 207 Å². The molecule has 0 aliphatic carbocycles. The quantitative estimate of drug-likeness (QED) is 0.213. The Bertz CT molecular complexity index is 829. The molecule has 3 rings (SSSR count). The summed E-state index contributed by atoms with van der Waals surface area (Å²) in [5.74, 6) is 1.59. The van der Waals surface area contributed by atoms with E-state index >= 15 is 0 Å². The van der Waals surface area contributed by atoms with Gasteiger partial charge in [-0.3, -0.25) is 9.89 Å². The Balaban J connectivity index is 0.00000363. The fraction of sp³-hybridized carbons (Fsp3) is 0.565. The molecule has 0 atom stereocenters. The summed E-state index contributed by atoms with van der Waals surface area (Å²) in [5, 5.41) is 10.9. The predicted octanol–water partition coefficient (Wildman–Crippen LogP) is 3.43. The highest BCUT2D eigenvalue weighted by atomic mass is 127. The van der Waals surface area contributed by atoms with Crippen molar-refractivity contribution in [3.05, 3.63) is 47.1 Å². The number of benzene rings is 1. The molecule has 0 radical (unpaired) electrons. The zero-order chi connectivity index (χ0) is 22.1. The van der Waals surface area contributed by atoms with Crippen molar-refractivity contribution >= 4 is 35.6 Å². The van der Waals surface area contributed by atoms with Crippen molar-refractivity contribution in [2.24, 2.45) is 4.99 Å². The lowest BCUT2D eigenvalue weighted by Gasteiger charge is -2.36. The molecule has 9 heteroatoms. The number of piperazine rings is 1. The molecule has 1 aromatic carbocycles. The van der Waals surface area contributed by atoms with E-state index in [0.717, 1.165) is 81.5 Å². The monoisotopic (exact) mass is 558 g/mol. The molecule has 2 aromatic rings. The number of aryl methyl sites for hydroxylation is 2. The second kappa shape index (κ2) is 13.6. The molecule has 32 heavy (non-hydrogen) atoms. The van der Waals surface area contributed by atoms with E-state index in [2.05, 4.69) is 44.4 Å². The van der Waals surface area contributed by atoms with Gasteiger partial charge in [0, 0.05) is 58.3 Å². The van der Waals surface area contributed by atoms with Crippen LogP contribution in [-0.4, -0.2) is 62.3 Å². The SMILES string of the molecule is CCc1noc(CC)c1CNC(=NC)NCCCN1CCN(c2ccccc2F)CC1.I. The lowest BCUT2D eigenvalue weighted by atomic mass is 10.1. The minimum atomic E-state index is -0.137. The number of aromatic nitrogens is 1. The van der Waals surface area contributed by atoms with E-state index in [1.165, 1.54) is 6.07 Å². The van der Waals surface area contributed by atoms with Crippen molar-refractivity contribution in [2.75, 3.05) is 51.2 Å². The van der Waals surface area contributed by atoms with Crippen molar-refractivity contribution in [2.45, 2.75) is 39.7 Å². The number of para-hydroxylation sites is 1. The topological polar surface area (TPSA) is 68.9 Å². The third-order valence-electron chi connectivity index (χ3n) is 5.77. The van der Waals surface area contributed by atoms with Crippen molar-refractivity contribution in [3.8, 4) is 0 Å². The van der Waals surface area contributed by atoms with E-state index in [4.69, 9.17) is 4.52 Å². The molecule has 2 heterocycles. The third kappa shape index (κ3) is 7.06. The maximum Gasteiger partial charge on any atom is 0.191 e. The molecule has 1 saturated heterocycles. The Morgan fingerprint density at radius 2 is 1.88 bits per heavy atom. The molecule has 1 aliphatic rings. The first-order valence-electron chi connectivity index (χ1n) is 11.3. The normalized spacial score (nSPS) is 14.9. The van der Waals surface area contributed by atoms with Gasteiger partial charge in [-0.1, -0.05) is 31.1 Å². The number of hydrogen-bond donors (Lipinski definition) is 2. The van der Waals surface area contributed by atoms with Crippen molar-refractivity contribution in [1.29, 1.82) is 0 Å². The molecule has 0 spiro atoms. The molecule has 1 fully saturated rings. The standard InChI is InChI=1S/C23H35FN6O.HI/c1-4-20-18(22(5-2)31-28-20)17-27-23(25-3)26-11-8-12-29-13-15-30(16-14-29)21-10-7-6-9-19(21)24;/h6-7,9-10H,4-5,8,11-17H2,1-3H3,(H2,25,26,27);1H. The van der Waals surface area contributed by atoms with Crippen molar-refractivity contribution in [3.63, 3.8) is 0 Å². The predicted molar refractivity (Wildman–Crippen MR) is 139 cm³/mol. The first-order valence-corrected chi connectivity index (χ1v) is 11.3. The number of rotatable bonds is 9. The Kier molecular flexibility index (Phi) is 11.2. The maximum atomic E-state index is 14.0. The Hall–Kier alpha value is -1.88. The van der Waals surface area contributed by atoms with Crippen LogP contribution in [0, 0.1) is 5.82 Å². The number of anilines is 1. The van der Waals surface area contributed by atoms with Crippen LogP contribution >= 0.6 is 24.0 Å².